The summed E-state index contributed by atoms with van der Waals surface area (Å²) in [5.41, 5.74) is 2.91. The lowest BCUT2D eigenvalue weighted by molar-refractivity contribution is 0.0861. The first-order valence-electron chi connectivity index (χ1n) is 8.36. The lowest BCUT2D eigenvalue weighted by Crippen LogP contribution is -2.63. The normalized spacial score (nSPS) is 20.9. The molecule has 23 heavy (non-hydrogen) atoms. The monoisotopic (exact) mass is 331 g/mol. The van der Waals surface area contributed by atoms with Crippen LogP contribution in [0.1, 0.15) is 6.92 Å². The molecule has 0 aromatic carbocycles. The average molecular weight is 332 g/mol. The van der Waals surface area contributed by atoms with Crippen LogP contribution >= 0.6 is 11.6 Å². The van der Waals surface area contributed by atoms with Crippen LogP contribution in [0.25, 0.3) is 11.0 Å². The Morgan fingerprint density at radius 1 is 1.13 bits per heavy atom. The predicted molar refractivity (Wildman–Crippen MR) is 94.2 cm³/mol. The number of piperazine rings is 1. The summed E-state index contributed by atoms with van der Waals surface area (Å²) in [5.74, 6) is 0. The number of nitrogens with zero attached hydrogens (tertiary/aromatic N) is 5. The zero-order chi connectivity index (χ0) is 15.8. The number of hydrogen-bond acceptors (Lipinski definition) is 5. The van der Waals surface area contributed by atoms with Gasteiger partial charge >= 0.3 is 0 Å². The summed E-state index contributed by atoms with van der Waals surface area (Å²) in [7, 11) is 0. The highest BCUT2D eigenvalue weighted by molar-refractivity contribution is 6.29. The zero-order valence-corrected chi connectivity index (χ0v) is 14.2. The highest BCUT2D eigenvalue weighted by Gasteiger charge is 2.33. The van der Waals surface area contributed by atoms with Crippen molar-refractivity contribution < 1.29 is 0 Å². The minimum atomic E-state index is 0.520. The fourth-order valence-electron chi connectivity index (χ4n) is 3.49. The van der Waals surface area contributed by atoms with Crippen LogP contribution in [0.3, 0.4) is 0 Å². The summed E-state index contributed by atoms with van der Waals surface area (Å²) in [5, 5.41) is 0.520. The van der Waals surface area contributed by atoms with Gasteiger partial charge in [0.05, 0.1) is 22.9 Å². The summed E-state index contributed by atoms with van der Waals surface area (Å²) >= 11 is 5.98. The molecule has 2 aromatic rings. The van der Waals surface area contributed by atoms with Crippen molar-refractivity contribution in [3.63, 3.8) is 0 Å². The lowest BCUT2D eigenvalue weighted by Gasteiger charge is -2.49. The maximum Gasteiger partial charge on any atom is 0.129 e. The second-order valence-corrected chi connectivity index (χ2v) is 6.78. The molecule has 0 radical (unpaired) electrons. The summed E-state index contributed by atoms with van der Waals surface area (Å²) in [4.78, 5) is 16.4. The number of aromatic nitrogens is 2. The molecule has 122 valence electrons. The van der Waals surface area contributed by atoms with Crippen molar-refractivity contribution in [2.45, 2.75) is 13.0 Å². The summed E-state index contributed by atoms with van der Waals surface area (Å²) in [6, 6.07) is 6.48. The van der Waals surface area contributed by atoms with E-state index in [0.29, 0.717) is 11.2 Å². The number of pyridine rings is 2. The summed E-state index contributed by atoms with van der Waals surface area (Å²) in [6.07, 6.45) is 1.95. The molecule has 0 N–H and O–H groups in total. The van der Waals surface area contributed by atoms with E-state index in [1.54, 1.807) is 6.07 Å². The van der Waals surface area contributed by atoms with Gasteiger partial charge in [0.2, 0.25) is 0 Å². The Hall–Kier alpha value is -1.43. The van der Waals surface area contributed by atoms with Gasteiger partial charge in [-0.15, -0.1) is 0 Å². The van der Waals surface area contributed by atoms with Crippen molar-refractivity contribution in [3.05, 3.63) is 29.5 Å². The highest BCUT2D eigenvalue weighted by Crippen LogP contribution is 2.26. The van der Waals surface area contributed by atoms with Crippen LogP contribution in [0.5, 0.6) is 0 Å². The molecular weight excluding hydrogens is 310 g/mol. The molecule has 6 heteroatoms. The maximum absolute atomic E-state index is 5.98. The minimum absolute atomic E-state index is 0.520. The van der Waals surface area contributed by atoms with Gasteiger partial charge < -0.3 is 9.80 Å². The van der Waals surface area contributed by atoms with Crippen LogP contribution in [0.4, 0.5) is 5.69 Å². The molecule has 2 aromatic heterocycles. The Bertz CT molecular complexity index is 692. The maximum atomic E-state index is 5.98. The Morgan fingerprint density at radius 2 is 1.91 bits per heavy atom. The molecular formula is C17H22ClN5. The van der Waals surface area contributed by atoms with E-state index in [1.165, 1.54) is 32.7 Å². The van der Waals surface area contributed by atoms with Crippen LogP contribution in [-0.2, 0) is 0 Å². The first-order valence-corrected chi connectivity index (χ1v) is 8.74. The SMILES string of the molecule is CCN1CCN(C2CN(c3cnc4ccc(Cl)nc4c3)C2)CC1. The molecule has 0 aliphatic carbocycles. The Morgan fingerprint density at radius 3 is 2.65 bits per heavy atom. The van der Waals surface area contributed by atoms with E-state index in [0.717, 1.165) is 29.8 Å². The van der Waals surface area contributed by atoms with Crippen LogP contribution in [0.15, 0.2) is 24.4 Å². The van der Waals surface area contributed by atoms with E-state index in [2.05, 4.69) is 37.7 Å². The molecule has 0 amide bonds. The third kappa shape index (κ3) is 3.01. The average Bonchev–Trinajstić information content (AvgIpc) is 2.54. The predicted octanol–water partition coefficient (Wildman–Crippen LogP) is 2.11. The molecule has 4 rings (SSSR count). The smallest absolute Gasteiger partial charge is 0.129 e. The van der Waals surface area contributed by atoms with Gasteiger partial charge in [0.1, 0.15) is 5.15 Å². The van der Waals surface area contributed by atoms with E-state index in [1.807, 2.05) is 12.3 Å². The zero-order valence-electron chi connectivity index (χ0n) is 13.5. The quantitative estimate of drug-likeness (QED) is 0.805. The Labute approximate surface area is 141 Å². The topological polar surface area (TPSA) is 35.5 Å². The van der Waals surface area contributed by atoms with Gasteiger partial charge in [-0.3, -0.25) is 9.88 Å². The fourth-order valence-corrected chi connectivity index (χ4v) is 3.64. The molecule has 4 heterocycles. The van der Waals surface area contributed by atoms with Crippen molar-refractivity contribution in [2.75, 3.05) is 50.7 Å². The largest absolute Gasteiger partial charge is 0.367 e. The number of rotatable bonds is 3. The van der Waals surface area contributed by atoms with Crippen LogP contribution in [-0.4, -0.2) is 71.6 Å². The van der Waals surface area contributed by atoms with E-state index in [9.17, 15) is 0 Å². The van der Waals surface area contributed by atoms with Gasteiger partial charge in [0.25, 0.3) is 0 Å². The third-order valence-electron chi connectivity index (χ3n) is 5.09. The van der Waals surface area contributed by atoms with Gasteiger partial charge in [0.15, 0.2) is 0 Å². The summed E-state index contributed by atoms with van der Waals surface area (Å²) in [6.45, 7) is 10.4. The van der Waals surface area contributed by atoms with E-state index in [-0.39, 0.29) is 0 Å². The number of likely N-dealkylation sites (N-methyl/N-ethyl adjacent to an activating group) is 1. The lowest BCUT2D eigenvalue weighted by atomic mass is 10.0. The third-order valence-corrected chi connectivity index (χ3v) is 5.30. The van der Waals surface area contributed by atoms with Crippen LogP contribution in [0.2, 0.25) is 5.15 Å². The first kappa shape index (κ1) is 15.1. The highest BCUT2D eigenvalue weighted by atomic mass is 35.5. The van der Waals surface area contributed by atoms with Crippen LogP contribution in [0, 0.1) is 0 Å². The summed E-state index contributed by atoms with van der Waals surface area (Å²) < 4.78 is 0. The van der Waals surface area contributed by atoms with Crippen molar-refractivity contribution in [3.8, 4) is 0 Å². The Balaban J connectivity index is 1.40. The molecule has 2 aliphatic rings. The fraction of sp³-hybridized carbons (Fsp3) is 0.529. The Kier molecular flexibility index (Phi) is 4.09. The van der Waals surface area contributed by atoms with Gasteiger partial charge in [-0.05, 0) is 24.7 Å². The minimum Gasteiger partial charge on any atom is -0.367 e. The first-order chi connectivity index (χ1) is 11.2. The molecule has 0 spiro atoms. The van der Waals surface area contributed by atoms with Crippen molar-refractivity contribution in [2.24, 2.45) is 0 Å². The number of fused-ring (bicyclic) bond motifs is 1. The van der Waals surface area contributed by atoms with Gasteiger partial charge in [-0.25, -0.2) is 4.98 Å². The van der Waals surface area contributed by atoms with E-state index in [4.69, 9.17) is 11.6 Å². The van der Waals surface area contributed by atoms with Crippen molar-refractivity contribution >= 4 is 28.3 Å². The van der Waals surface area contributed by atoms with E-state index < -0.39 is 0 Å². The number of halogens is 1. The van der Waals surface area contributed by atoms with Crippen molar-refractivity contribution in [1.29, 1.82) is 0 Å². The van der Waals surface area contributed by atoms with Crippen molar-refractivity contribution in [1.82, 2.24) is 19.8 Å². The second-order valence-electron chi connectivity index (χ2n) is 6.39. The second kappa shape index (κ2) is 6.23. The van der Waals surface area contributed by atoms with Crippen LogP contribution < -0.4 is 4.90 Å². The molecule has 2 fully saturated rings. The molecule has 0 atom stereocenters. The molecule has 2 aliphatic heterocycles. The molecule has 0 saturated carbocycles. The molecule has 0 bridgehead atoms. The molecule has 5 nitrogen and oxygen atoms in total. The van der Waals surface area contributed by atoms with E-state index >= 15 is 0 Å². The number of hydrogen-bond donors (Lipinski definition) is 0. The number of anilines is 1. The van der Waals surface area contributed by atoms with Gasteiger partial charge in [-0.2, -0.15) is 0 Å². The standard InChI is InChI=1S/C17H22ClN5/c1-2-21-5-7-22(8-6-21)14-11-23(12-14)13-9-16-15(19-10-13)3-4-17(18)20-16/h3-4,9-10,14H,2,5-8,11-12H2,1H3. The molecule has 2 saturated heterocycles. The van der Waals surface area contributed by atoms with Gasteiger partial charge in [0, 0.05) is 45.3 Å². The van der Waals surface area contributed by atoms with Gasteiger partial charge in [-0.1, -0.05) is 18.5 Å². The molecule has 0 unspecified atom stereocenters.